The number of guanidine groups is 1. The molecule has 33 heavy (non-hydrogen) atoms. The maximum absolute atomic E-state index is 11.8. The number of hydrogen-bond acceptors (Lipinski definition) is 4. The predicted molar refractivity (Wildman–Crippen MR) is 147 cm³/mol. The molecule has 0 atom stereocenters. The largest absolute Gasteiger partial charge is 0.357 e. The van der Waals surface area contributed by atoms with Crippen LogP contribution >= 0.6 is 24.0 Å². The lowest BCUT2D eigenvalue weighted by Gasteiger charge is -2.31. The number of aliphatic imine (C=N–C) groups is 1. The van der Waals surface area contributed by atoms with Crippen LogP contribution in [0.25, 0.3) is 0 Å². The molecule has 3 rings (SSSR count). The van der Waals surface area contributed by atoms with Gasteiger partial charge in [0, 0.05) is 45.0 Å². The number of nitrogens with one attached hydrogen (secondary N) is 3. The van der Waals surface area contributed by atoms with E-state index in [1.165, 1.54) is 12.8 Å². The van der Waals surface area contributed by atoms with Crippen LogP contribution in [0.4, 0.5) is 5.82 Å². The van der Waals surface area contributed by atoms with Crippen molar-refractivity contribution >= 4 is 41.7 Å². The van der Waals surface area contributed by atoms with E-state index in [4.69, 9.17) is 4.99 Å². The summed E-state index contributed by atoms with van der Waals surface area (Å²) in [5, 5.41) is 9.33. The Bertz CT molecular complexity index is 894. The quantitative estimate of drug-likeness (QED) is 0.260. The summed E-state index contributed by atoms with van der Waals surface area (Å²) in [5.41, 5.74) is 2.89. The van der Waals surface area contributed by atoms with E-state index < -0.39 is 0 Å². The van der Waals surface area contributed by atoms with Gasteiger partial charge in [0.2, 0.25) is 0 Å². The first kappa shape index (κ1) is 26.9. The summed E-state index contributed by atoms with van der Waals surface area (Å²) in [5.74, 6) is 2.60. The third kappa shape index (κ3) is 8.49. The highest BCUT2D eigenvalue weighted by Gasteiger charge is 2.16. The Hall–Kier alpha value is -2.36. The molecule has 2 heterocycles. The van der Waals surface area contributed by atoms with E-state index in [9.17, 15) is 4.79 Å². The molecule has 8 heteroatoms. The number of rotatable bonds is 8. The smallest absolute Gasteiger partial charge is 0.251 e. The molecule has 2 aromatic rings. The van der Waals surface area contributed by atoms with Crippen molar-refractivity contribution in [2.24, 2.45) is 10.9 Å². The lowest BCUT2D eigenvalue weighted by atomic mass is 9.99. The second kappa shape index (κ2) is 14.0. The van der Waals surface area contributed by atoms with Crippen LogP contribution in [0.5, 0.6) is 0 Å². The third-order valence-corrected chi connectivity index (χ3v) is 5.80. The van der Waals surface area contributed by atoms with Gasteiger partial charge in [-0.1, -0.05) is 25.1 Å². The highest BCUT2D eigenvalue weighted by Crippen LogP contribution is 2.21. The number of carbonyl (C=O) groups is 1. The lowest BCUT2D eigenvalue weighted by molar-refractivity contribution is 0.0963. The zero-order valence-electron chi connectivity index (χ0n) is 19.9. The molecule has 3 N–H and O–H groups in total. The van der Waals surface area contributed by atoms with Gasteiger partial charge in [0.25, 0.3) is 5.91 Å². The van der Waals surface area contributed by atoms with Crippen LogP contribution in [0.3, 0.4) is 0 Å². The summed E-state index contributed by atoms with van der Waals surface area (Å²) in [6.07, 6.45) is 5.22. The molecule has 0 unspecified atom stereocenters. The number of carbonyl (C=O) groups excluding carboxylic acids is 1. The average molecular weight is 565 g/mol. The van der Waals surface area contributed by atoms with Gasteiger partial charge >= 0.3 is 0 Å². The Labute approximate surface area is 214 Å². The fraction of sp³-hybridized carbons (Fsp3) is 0.480. The van der Waals surface area contributed by atoms with E-state index in [-0.39, 0.29) is 29.9 Å². The minimum atomic E-state index is -0.0656. The number of halogens is 1. The van der Waals surface area contributed by atoms with Crippen LogP contribution in [0, 0.1) is 5.92 Å². The summed E-state index contributed by atoms with van der Waals surface area (Å²) in [4.78, 5) is 23.6. The van der Waals surface area contributed by atoms with Gasteiger partial charge in [0.1, 0.15) is 5.82 Å². The van der Waals surface area contributed by atoms with Gasteiger partial charge in [0.05, 0.1) is 6.54 Å². The molecule has 0 radical (unpaired) electrons. The van der Waals surface area contributed by atoms with Gasteiger partial charge in [-0.25, -0.2) is 9.98 Å². The van der Waals surface area contributed by atoms with Gasteiger partial charge in [-0.2, -0.15) is 0 Å². The summed E-state index contributed by atoms with van der Waals surface area (Å²) in [7, 11) is 1.65. The van der Waals surface area contributed by atoms with E-state index >= 15 is 0 Å². The minimum absolute atomic E-state index is 0. The number of hydrogen-bond donors (Lipinski definition) is 3. The Balaban J connectivity index is 0.00000385. The van der Waals surface area contributed by atoms with Crippen LogP contribution in [0.15, 0.2) is 47.6 Å². The molecule has 1 fully saturated rings. The van der Waals surface area contributed by atoms with Crippen LogP contribution < -0.4 is 20.9 Å². The molecule has 7 nitrogen and oxygen atoms in total. The van der Waals surface area contributed by atoms with E-state index in [2.05, 4.69) is 51.8 Å². The Morgan fingerprint density at radius 3 is 2.61 bits per heavy atom. The first-order valence-corrected chi connectivity index (χ1v) is 11.6. The highest BCUT2D eigenvalue weighted by atomic mass is 127. The lowest BCUT2D eigenvalue weighted by Crippen LogP contribution is -2.38. The zero-order valence-corrected chi connectivity index (χ0v) is 22.3. The van der Waals surface area contributed by atoms with E-state index in [0.29, 0.717) is 12.1 Å². The normalized spacial score (nSPS) is 14.4. The molecule has 1 amide bonds. The van der Waals surface area contributed by atoms with Gasteiger partial charge in [-0.15, -0.1) is 24.0 Å². The van der Waals surface area contributed by atoms with Crippen LogP contribution in [0.1, 0.15) is 48.2 Å². The Kier molecular flexibility index (Phi) is 11.4. The molecular formula is C25H37IN6O. The second-order valence-corrected chi connectivity index (χ2v) is 8.35. The summed E-state index contributed by atoms with van der Waals surface area (Å²) in [6.45, 7) is 8.66. The molecule has 180 valence electrons. The molecule has 0 saturated carbocycles. The maximum atomic E-state index is 11.8. The monoisotopic (exact) mass is 564 g/mol. The number of benzene rings is 1. The van der Waals surface area contributed by atoms with Crippen molar-refractivity contribution in [2.45, 2.75) is 39.7 Å². The van der Waals surface area contributed by atoms with E-state index in [1.54, 1.807) is 7.05 Å². The molecule has 0 spiro atoms. The van der Waals surface area contributed by atoms with Gasteiger partial charge in [-0.05, 0) is 61.4 Å². The van der Waals surface area contributed by atoms with Crippen molar-refractivity contribution in [3.63, 3.8) is 0 Å². The summed E-state index contributed by atoms with van der Waals surface area (Å²) in [6, 6.07) is 11.9. The number of nitrogens with zero attached hydrogens (tertiary/aromatic N) is 3. The Morgan fingerprint density at radius 1 is 1.15 bits per heavy atom. The molecule has 1 aromatic heterocycles. The third-order valence-electron chi connectivity index (χ3n) is 5.80. The SMILES string of the molecule is CCNC(=NCc1ccc(N2CCC(C)CC2)nc1)NCCc1cccc(C(=O)NC)c1.I. The minimum Gasteiger partial charge on any atom is -0.357 e. The molecule has 0 aliphatic carbocycles. The maximum Gasteiger partial charge on any atom is 0.251 e. The van der Waals surface area contributed by atoms with Crippen LogP contribution in [-0.2, 0) is 13.0 Å². The van der Waals surface area contributed by atoms with Crippen molar-refractivity contribution in [1.82, 2.24) is 20.9 Å². The molecular weight excluding hydrogens is 527 g/mol. The number of aromatic nitrogens is 1. The molecule has 1 saturated heterocycles. The van der Waals surface area contributed by atoms with Crippen molar-refractivity contribution in [3.05, 3.63) is 59.3 Å². The van der Waals surface area contributed by atoms with E-state index in [1.807, 2.05) is 30.5 Å². The molecule has 0 bridgehead atoms. The van der Waals surface area contributed by atoms with Crippen LogP contribution in [0.2, 0.25) is 0 Å². The number of anilines is 1. The zero-order chi connectivity index (χ0) is 22.8. The first-order chi connectivity index (χ1) is 15.6. The summed E-state index contributed by atoms with van der Waals surface area (Å²) < 4.78 is 0. The topological polar surface area (TPSA) is 81.7 Å². The summed E-state index contributed by atoms with van der Waals surface area (Å²) >= 11 is 0. The first-order valence-electron chi connectivity index (χ1n) is 11.6. The Morgan fingerprint density at radius 2 is 1.94 bits per heavy atom. The van der Waals surface area contributed by atoms with Gasteiger partial charge in [-0.3, -0.25) is 4.79 Å². The number of amides is 1. The van der Waals surface area contributed by atoms with Crippen molar-refractivity contribution in [2.75, 3.05) is 38.1 Å². The van der Waals surface area contributed by atoms with Crippen molar-refractivity contribution in [1.29, 1.82) is 0 Å². The number of pyridine rings is 1. The van der Waals surface area contributed by atoms with E-state index in [0.717, 1.165) is 61.4 Å². The standard InChI is InChI=1S/C25H36N6O.HI/c1-4-27-25(28-13-10-20-6-5-7-22(16-20)24(32)26-3)30-18-21-8-9-23(29-17-21)31-14-11-19(2)12-15-31;/h5-9,16-17,19H,4,10-15,18H2,1-3H3,(H,26,32)(H2,27,28,30);1H. The van der Waals surface area contributed by atoms with Gasteiger partial charge < -0.3 is 20.9 Å². The molecule has 1 aliphatic rings. The number of piperidine rings is 1. The average Bonchev–Trinajstić information content (AvgIpc) is 2.83. The van der Waals surface area contributed by atoms with Crippen molar-refractivity contribution in [3.8, 4) is 0 Å². The molecule has 1 aliphatic heterocycles. The van der Waals surface area contributed by atoms with Gasteiger partial charge in [0.15, 0.2) is 5.96 Å². The fourth-order valence-electron chi connectivity index (χ4n) is 3.78. The van der Waals surface area contributed by atoms with Crippen LogP contribution in [-0.4, -0.2) is 50.1 Å². The highest BCUT2D eigenvalue weighted by molar-refractivity contribution is 14.0. The molecule has 1 aromatic carbocycles. The van der Waals surface area contributed by atoms with Crippen molar-refractivity contribution < 1.29 is 4.79 Å². The predicted octanol–water partition coefficient (Wildman–Crippen LogP) is 3.59. The fourth-order valence-corrected chi connectivity index (χ4v) is 3.78. The second-order valence-electron chi connectivity index (χ2n) is 8.35.